The Morgan fingerprint density at radius 1 is 1.50 bits per heavy atom. The maximum absolute atomic E-state index is 10.8. The van der Waals surface area contributed by atoms with Crippen LogP contribution in [0.3, 0.4) is 0 Å². The summed E-state index contributed by atoms with van der Waals surface area (Å²) in [5.74, 6) is -0.774. The molecule has 0 rings (SSSR count). The third-order valence-electron chi connectivity index (χ3n) is 1.98. The molecule has 0 radical (unpaired) electrons. The van der Waals surface area contributed by atoms with Crippen molar-refractivity contribution < 1.29 is 9.90 Å². The summed E-state index contributed by atoms with van der Waals surface area (Å²) in [6.07, 6.45) is 0.525. The summed E-state index contributed by atoms with van der Waals surface area (Å²) in [5, 5.41) is 8.84. The molecule has 12 heavy (non-hydrogen) atoms. The Morgan fingerprint density at radius 3 is 2.25 bits per heavy atom. The van der Waals surface area contributed by atoms with E-state index in [4.69, 9.17) is 10.8 Å². The van der Waals surface area contributed by atoms with Crippen molar-refractivity contribution in [2.45, 2.75) is 26.3 Å². The fraction of sp³-hybridized carbons (Fsp3) is 0.875. The molecule has 4 heteroatoms. The van der Waals surface area contributed by atoms with Crippen molar-refractivity contribution >= 4 is 5.97 Å². The van der Waals surface area contributed by atoms with E-state index in [2.05, 4.69) is 0 Å². The van der Waals surface area contributed by atoms with Crippen LogP contribution in [-0.4, -0.2) is 41.7 Å². The molecule has 1 unspecified atom stereocenters. The van der Waals surface area contributed by atoms with Crippen LogP contribution in [0, 0.1) is 0 Å². The number of hydrogen-bond donors (Lipinski definition) is 2. The molecular weight excluding hydrogens is 156 g/mol. The van der Waals surface area contributed by atoms with Crippen LogP contribution in [0.1, 0.15) is 20.3 Å². The van der Waals surface area contributed by atoms with E-state index in [0.717, 1.165) is 13.1 Å². The van der Waals surface area contributed by atoms with Crippen molar-refractivity contribution in [1.29, 1.82) is 0 Å². The summed E-state index contributed by atoms with van der Waals surface area (Å²) in [6, 6.07) is -0.412. The Balaban J connectivity index is 4.15. The lowest BCUT2D eigenvalue weighted by Crippen LogP contribution is -2.42. The highest BCUT2D eigenvalue weighted by atomic mass is 16.4. The minimum Gasteiger partial charge on any atom is -0.480 e. The monoisotopic (exact) mass is 174 g/mol. The maximum Gasteiger partial charge on any atom is 0.320 e. The Hall–Kier alpha value is -0.610. The van der Waals surface area contributed by atoms with Gasteiger partial charge in [-0.05, 0) is 26.1 Å². The molecule has 0 heterocycles. The number of carboxylic acids is 1. The van der Waals surface area contributed by atoms with E-state index in [9.17, 15) is 4.79 Å². The van der Waals surface area contributed by atoms with Crippen molar-refractivity contribution in [1.82, 2.24) is 4.90 Å². The van der Waals surface area contributed by atoms with Crippen LogP contribution >= 0.6 is 0 Å². The standard InChI is InChI=1S/C8H18N2O2/c1-3-10(4-2)7(5-6-9)8(11)12/h7H,3-6,9H2,1-2H3,(H,11,12). The second kappa shape index (κ2) is 5.97. The molecule has 0 spiro atoms. The number of likely N-dealkylation sites (N-methyl/N-ethyl adjacent to an activating group) is 1. The summed E-state index contributed by atoms with van der Waals surface area (Å²) in [4.78, 5) is 12.6. The van der Waals surface area contributed by atoms with Gasteiger partial charge in [-0.15, -0.1) is 0 Å². The zero-order valence-electron chi connectivity index (χ0n) is 7.79. The number of aliphatic carboxylic acids is 1. The van der Waals surface area contributed by atoms with E-state index >= 15 is 0 Å². The first-order valence-electron chi connectivity index (χ1n) is 4.34. The predicted molar refractivity (Wildman–Crippen MR) is 48.0 cm³/mol. The van der Waals surface area contributed by atoms with Crippen LogP contribution in [-0.2, 0) is 4.79 Å². The molecular formula is C8H18N2O2. The Bertz CT molecular complexity index is 135. The van der Waals surface area contributed by atoms with Crippen molar-refractivity contribution in [3.63, 3.8) is 0 Å². The Labute approximate surface area is 73.3 Å². The molecule has 0 fully saturated rings. The van der Waals surface area contributed by atoms with E-state index < -0.39 is 12.0 Å². The van der Waals surface area contributed by atoms with Gasteiger partial charge in [-0.2, -0.15) is 0 Å². The van der Waals surface area contributed by atoms with Crippen LogP contribution in [0.15, 0.2) is 0 Å². The lowest BCUT2D eigenvalue weighted by Gasteiger charge is -2.25. The third kappa shape index (κ3) is 3.19. The van der Waals surface area contributed by atoms with Gasteiger partial charge >= 0.3 is 5.97 Å². The molecule has 0 aromatic heterocycles. The van der Waals surface area contributed by atoms with Gasteiger partial charge in [0.15, 0.2) is 0 Å². The molecule has 1 atom stereocenters. The molecule has 0 saturated carbocycles. The largest absolute Gasteiger partial charge is 0.480 e. The van der Waals surface area contributed by atoms with Crippen LogP contribution in [0.25, 0.3) is 0 Å². The molecule has 0 aliphatic carbocycles. The van der Waals surface area contributed by atoms with Gasteiger partial charge < -0.3 is 10.8 Å². The van der Waals surface area contributed by atoms with Crippen LogP contribution < -0.4 is 5.73 Å². The van der Waals surface area contributed by atoms with Gasteiger partial charge in [-0.1, -0.05) is 13.8 Å². The number of rotatable bonds is 6. The number of carbonyl (C=O) groups is 1. The number of hydrogen-bond acceptors (Lipinski definition) is 3. The molecule has 0 aromatic rings. The second-order valence-electron chi connectivity index (χ2n) is 2.65. The van der Waals surface area contributed by atoms with E-state index in [1.165, 1.54) is 0 Å². The number of nitrogens with zero attached hydrogens (tertiary/aromatic N) is 1. The first-order chi connectivity index (χ1) is 5.67. The lowest BCUT2D eigenvalue weighted by atomic mass is 10.2. The first-order valence-corrected chi connectivity index (χ1v) is 4.34. The third-order valence-corrected chi connectivity index (χ3v) is 1.98. The predicted octanol–water partition coefficient (Wildman–Crippen LogP) is 0.130. The zero-order valence-corrected chi connectivity index (χ0v) is 7.79. The van der Waals surface area contributed by atoms with Gasteiger partial charge in [0.1, 0.15) is 6.04 Å². The number of nitrogens with two attached hydrogens (primary N) is 1. The summed E-state index contributed by atoms with van der Waals surface area (Å²) in [5.41, 5.74) is 5.32. The molecule has 0 bridgehead atoms. The Kier molecular flexibility index (Phi) is 5.66. The minimum absolute atomic E-state index is 0.412. The van der Waals surface area contributed by atoms with Gasteiger partial charge in [0.25, 0.3) is 0 Å². The quantitative estimate of drug-likeness (QED) is 0.600. The first kappa shape index (κ1) is 11.4. The van der Waals surface area contributed by atoms with Gasteiger partial charge in [0.2, 0.25) is 0 Å². The summed E-state index contributed by atoms with van der Waals surface area (Å²) in [6.45, 7) is 5.85. The fourth-order valence-electron chi connectivity index (χ4n) is 1.28. The van der Waals surface area contributed by atoms with Crippen molar-refractivity contribution in [2.24, 2.45) is 5.73 Å². The van der Waals surface area contributed by atoms with E-state index in [1.807, 2.05) is 18.7 Å². The molecule has 0 saturated heterocycles. The highest BCUT2D eigenvalue weighted by molar-refractivity contribution is 5.73. The molecule has 0 aliphatic rings. The average molecular weight is 174 g/mol. The summed E-state index contributed by atoms with van der Waals surface area (Å²) in [7, 11) is 0. The molecule has 72 valence electrons. The zero-order chi connectivity index (χ0) is 9.56. The minimum atomic E-state index is -0.774. The maximum atomic E-state index is 10.8. The average Bonchev–Trinajstić information content (AvgIpc) is 2.05. The van der Waals surface area contributed by atoms with Crippen LogP contribution in [0.2, 0.25) is 0 Å². The van der Waals surface area contributed by atoms with Crippen LogP contribution in [0.5, 0.6) is 0 Å². The van der Waals surface area contributed by atoms with Crippen molar-refractivity contribution in [3.05, 3.63) is 0 Å². The second-order valence-corrected chi connectivity index (χ2v) is 2.65. The van der Waals surface area contributed by atoms with E-state index in [1.54, 1.807) is 0 Å². The Morgan fingerprint density at radius 2 is 2.00 bits per heavy atom. The van der Waals surface area contributed by atoms with Crippen molar-refractivity contribution in [2.75, 3.05) is 19.6 Å². The van der Waals surface area contributed by atoms with Gasteiger partial charge in [-0.25, -0.2) is 0 Å². The fourth-order valence-corrected chi connectivity index (χ4v) is 1.28. The van der Waals surface area contributed by atoms with E-state index in [0.29, 0.717) is 13.0 Å². The van der Waals surface area contributed by atoms with Crippen molar-refractivity contribution in [3.8, 4) is 0 Å². The highest BCUT2D eigenvalue weighted by Gasteiger charge is 2.21. The van der Waals surface area contributed by atoms with Crippen LogP contribution in [0.4, 0.5) is 0 Å². The molecule has 0 aromatic carbocycles. The van der Waals surface area contributed by atoms with Gasteiger partial charge in [-0.3, -0.25) is 9.69 Å². The summed E-state index contributed by atoms with van der Waals surface area (Å²) >= 11 is 0. The number of carboxylic acid groups (broad SMARTS) is 1. The van der Waals surface area contributed by atoms with Gasteiger partial charge in [0.05, 0.1) is 0 Å². The van der Waals surface area contributed by atoms with Gasteiger partial charge in [0, 0.05) is 0 Å². The van der Waals surface area contributed by atoms with E-state index in [-0.39, 0.29) is 0 Å². The normalized spacial score (nSPS) is 13.3. The molecule has 3 N–H and O–H groups in total. The molecule has 0 aliphatic heterocycles. The molecule has 0 amide bonds. The SMILES string of the molecule is CCN(CC)C(CCN)C(=O)O. The highest BCUT2D eigenvalue weighted by Crippen LogP contribution is 2.02. The molecule has 4 nitrogen and oxygen atoms in total. The smallest absolute Gasteiger partial charge is 0.320 e. The summed E-state index contributed by atoms with van der Waals surface area (Å²) < 4.78 is 0. The lowest BCUT2D eigenvalue weighted by molar-refractivity contribution is -0.143. The topological polar surface area (TPSA) is 66.6 Å².